The van der Waals surface area contributed by atoms with E-state index in [9.17, 15) is 4.79 Å². The van der Waals surface area contributed by atoms with Gasteiger partial charge in [-0.05, 0) is 49.6 Å². The summed E-state index contributed by atoms with van der Waals surface area (Å²) in [4.78, 5) is 24.8. The average Bonchev–Trinajstić information content (AvgIpc) is 3.18. The van der Waals surface area contributed by atoms with Crippen molar-refractivity contribution in [3.63, 3.8) is 0 Å². The molecule has 146 valence electrons. The van der Waals surface area contributed by atoms with Crippen molar-refractivity contribution in [2.75, 3.05) is 24.6 Å². The summed E-state index contributed by atoms with van der Waals surface area (Å²) in [6, 6.07) is 11.8. The van der Waals surface area contributed by atoms with Crippen LogP contribution < -0.4 is 15.0 Å². The van der Waals surface area contributed by atoms with Crippen LogP contribution in [0.25, 0.3) is 10.3 Å². The van der Waals surface area contributed by atoms with E-state index in [0.29, 0.717) is 13.2 Å². The van der Waals surface area contributed by atoms with Crippen molar-refractivity contribution in [1.29, 1.82) is 0 Å². The van der Waals surface area contributed by atoms with Gasteiger partial charge in [-0.3, -0.25) is 4.79 Å². The molecule has 1 amide bonds. The first kappa shape index (κ1) is 18.7. The number of amides is 1. The van der Waals surface area contributed by atoms with Crippen LogP contribution in [0, 0.1) is 5.92 Å². The number of nitrogens with zero attached hydrogens (tertiary/aromatic N) is 3. The molecule has 0 spiro atoms. The van der Waals surface area contributed by atoms with Gasteiger partial charge in [-0.15, -0.1) is 0 Å². The zero-order valence-corrected chi connectivity index (χ0v) is 16.7. The highest BCUT2D eigenvalue weighted by molar-refractivity contribution is 7.21. The highest BCUT2D eigenvalue weighted by atomic mass is 32.1. The molecule has 28 heavy (non-hydrogen) atoms. The highest BCUT2D eigenvalue weighted by Crippen LogP contribution is 2.30. The number of pyridine rings is 1. The van der Waals surface area contributed by atoms with Gasteiger partial charge in [0.2, 0.25) is 5.91 Å². The third kappa shape index (κ3) is 4.25. The number of carbonyl (C=O) groups excluding carboxylic acids is 1. The van der Waals surface area contributed by atoms with E-state index < -0.39 is 0 Å². The van der Waals surface area contributed by atoms with Crippen molar-refractivity contribution in [2.45, 2.75) is 26.3 Å². The molecule has 0 unspecified atom stereocenters. The number of anilines is 1. The molecule has 7 heteroatoms. The van der Waals surface area contributed by atoms with Crippen molar-refractivity contribution < 1.29 is 9.53 Å². The molecule has 6 nitrogen and oxygen atoms in total. The molecule has 3 heterocycles. The standard InChI is InChI=1S/C21H24N4O2S/c1-2-27-17-7-5-15(6-8-17)14-23-19(26)16-9-12-25(13-10-16)21-24-18-4-3-11-22-20(18)28-21/h3-8,11,16H,2,9-10,12-14H2,1H3,(H,23,26). The number of hydrogen-bond donors (Lipinski definition) is 1. The van der Waals surface area contributed by atoms with Crippen LogP contribution >= 0.6 is 11.3 Å². The average molecular weight is 397 g/mol. The van der Waals surface area contributed by atoms with Gasteiger partial charge in [-0.25, -0.2) is 9.97 Å². The van der Waals surface area contributed by atoms with E-state index in [4.69, 9.17) is 4.74 Å². The lowest BCUT2D eigenvalue weighted by atomic mass is 9.96. The number of thiazole rings is 1. The molecule has 1 aliphatic heterocycles. The first-order valence-electron chi connectivity index (χ1n) is 9.69. The maximum atomic E-state index is 12.5. The van der Waals surface area contributed by atoms with Gasteiger partial charge in [-0.2, -0.15) is 0 Å². The molecule has 0 atom stereocenters. The molecule has 0 saturated carbocycles. The first-order chi connectivity index (χ1) is 13.7. The Morgan fingerprint density at radius 2 is 2.04 bits per heavy atom. The number of benzene rings is 1. The summed E-state index contributed by atoms with van der Waals surface area (Å²) in [7, 11) is 0. The quantitative estimate of drug-likeness (QED) is 0.689. The number of hydrogen-bond acceptors (Lipinski definition) is 6. The minimum absolute atomic E-state index is 0.0615. The Labute approximate surface area is 168 Å². The summed E-state index contributed by atoms with van der Waals surface area (Å²) in [5.41, 5.74) is 2.02. The molecule has 1 aliphatic rings. The second-order valence-corrected chi connectivity index (χ2v) is 7.84. The number of piperidine rings is 1. The van der Waals surface area contributed by atoms with Crippen molar-refractivity contribution in [3.8, 4) is 5.75 Å². The van der Waals surface area contributed by atoms with Gasteiger partial charge in [0.1, 0.15) is 16.1 Å². The Morgan fingerprint density at radius 1 is 1.25 bits per heavy atom. The van der Waals surface area contributed by atoms with Crippen LogP contribution in [0.2, 0.25) is 0 Å². The van der Waals surface area contributed by atoms with Gasteiger partial charge in [-0.1, -0.05) is 23.5 Å². The predicted octanol–water partition coefficient (Wildman–Crippen LogP) is 3.62. The third-order valence-electron chi connectivity index (χ3n) is 4.99. The Kier molecular flexibility index (Phi) is 5.71. The van der Waals surface area contributed by atoms with E-state index in [-0.39, 0.29) is 11.8 Å². The minimum Gasteiger partial charge on any atom is -0.494 e. The van der Waals surface area contributed by atoms with Gasteiger partial charge in [0.25, 0.3) is 0 Å². The molecular formula is C21H24N4O2S. The second-order valence-electron chi connectivity index (χ2n) is 6.88. The van der Waals surface area contributed by atoms with Crippen LogP contribution in [-0.4, -0.2) is 35.6 Å². The Balaban J connectivity index is 1.27. The molecule has 4 rings (SSSR count). The fraction of sp³-hybridized carbons (Fsp3) is 0.381. The van der Waals surface area contributed by atoms with E-state index in [1.807, 2.05) is 43.3 Å². The van der Waals surface area contributed by atoms with E-state index in [2.05, 4.69) is 20.2 Å². The highest BCUT2D eigenvalue weighted by Gasteiger charge is 2.26. The Hall–Kier alpha value is -2.67. The normalized spacial score (nSPS) is 15.0. The molecule has 1 aromatic carbocycles. The van der Waals surface area contributed by atoms with Crippen molar-refractivity contribution in [2.24, 2.45) is 5.92 Å². The smallest absolute Gasteiger partial charge is 0.223 e. The summed E-state index contributed by atoms with van der Waals surface area (Å²) in [6.45, 7) is 4.87. The van der Waals surface area contributed by atoms with E-state index in [1.165, 1.54) is 0 Å². The first-order valence-corrected chi connectivity index (χ1v) is 10.5. The number of carbonyl (C=O) groups is 1. The van der Waals surface area contributed by atoms with E-state index in [1.54, 1.807) is 17.5 Å². The molecule has 0 radical (unpaired) electrons. The zero-order chi connectivity index (χ0) is 19.3. The molecule has 1 fully saturated rings. The number of rotatable bonds is 6. The van der Waals surface area contributed by atoms with Gasteiger partial charge in [0.05, 0.1) is 6.61 Å². The molecule has 2 aromatic heterocycles. The summed E-state index contributed by atoms with van der Waals surface area (Å²) >= 11 is 1.62. The van der Waals surface area contributed by atoms with Gasteiger partial charge < -0.3 is 15.0 Å². The SMILES string of the molecule is CCOc1ccc(CNC(=O)C2CCN(c3nc4cccnc4s3)CC2)cc1. The molecular weight excluding hydrogens is 372 g/mol. The number of nitrogens with one attached hydrogen (secondary N) is 1. The summed E-state index contributed by atoms with van der Waals surface area (Å²) in [5, 5.41) is 4.08. The van der Waals surface area contributed by atoms with Crippen LogP contribution in [0.5, 0.6) is 5.75 Å². The third-order valence-corrected chi connectivity index (χ3v) is 6.03. The second kappa shape index (κ2) is 8.56. The molecule has 1 saturated heterocycles. The topological polar surface area (TPSA) is 67.3 Å². The van der Waals surface area contributed by atoms with Crippen LogP contribution in [0.4, 0.5) is 5.13 Å². The fourth-order valence-corrected chi connectivity index (χ4v) is 4.39. The number of fused-ring (bicyclic) bond motifs is 1. The van der Waals surface area contributed by atoms with Crippen LogP contribution in [-0.2, 0) is 11.3 Å². The number of ether oxygens (including phenoxy) is 1. The maximum absolute atomic E-state index is 12.5. The van der Waals surface area contributed by atoms with Crippen LogP contribution in [0.3, 0.4) is 0 Å². The van der Waals surface area contributed by atoms with E-state index in [0.717, 1.165) is 52.7 Å². The lowest BCUT2D eigenvalue weighted by Crippen LogP contribution is -2.40. The van der Waals surface area contributed by atoms with E-state index >= 15 is 0 Å². The fourth-order valence-electron chi connectivity index (χ4n) is 3.43. The lowest BCUT2D eigenvalue weighted by molar-refractivity contribution is -0.125. The molecule has 3 aromatic rings. The van der Waals surface area contributed by atoms with Crippen molar-refractivity contribution in [1.82, 2.24) is 15.3 Å². The Morgan fingerprint density at radius 3 is 2.75 bits per heavy atom. The maximum Gasteiger partial charge on any atom is 0.223 e. The molecule has 1 N–H and O–H groups in total. The summed E-state index contributed by atoms with van der Waals surface area (Å²) < 4.78 is 5.45. The number of aromatic nitrogens is 2. The monoisotopic (exact) mass is 396 g/mol. The van der Waals surface area contributed by atoms with Crippen molar-refractivity contribution in [3.05, 3.63) is 48.2 Å². The lowest BCUT2D eigenvalue weighted by Gasteiger charge is -2.31. The Bertz CT molecular complexity index is 900. The summed E-state index contributed by atoms with van der Waals surface area (Å²) in [6.07, 6.45) is 3.49. The van der Waals surface area contributed by atoms with Gasteiger partial charge >= 0.3 is 0 Å². The van der Waals surface area contributed by atoms with Gasteiger partial charge in [0, 0.05) is 31.7 Å². The summed E-state index contributed by atoms with van der Waals surface area (Å²) in [5.74, 6) is 1.06. The predicted molar refractivity (Wildman–Crippen MR) is 112 cm³/mol. The largest absolute Gasteiger partial charge is 0.494 e. The van der Waals surface area contributed by atoms with Gasteiger partial charge in [0.15, 0.2) is 5.13 Å². The van der Waals surface area contributed by atoms with Crippen LogP contribution in [0.1, 0.15) is 25.3 Å². The zero-order valence-electron chi connectivity index (χ0n) is 15.9. The molecule has 0 bridgehead atoms. The molecule has 0 aliphatic carbocycles. The minimum atomic E-state index is 0.0615. The van der Waals surface area contributed by atoms with Crippen LogP contribution in [0.15, 0.2) is 42.6 Å². The van der Waals surface area contributed by atoms with Crippen molar-refractivity contribution >= 4 is 32.7 Å².